The zero-order valence-corrected chi connectivity index (χ0v) is 21.9. The standard InChI is InChI=1S/C28H32N4O6/c1-29-25-21(8-10-23(38-3)26(25)30-14-12-19(17-33)13-15-30)32(28(29)36)22-9-11-24(34)31(27(22)35)16-18-4-6-20(37-2)7-5-18/h4-8,10,17,19,22H,9,11-16H2,1-3H3. The van der Waals surface area contributed by atoms with E-state index in [1.165, 1.54) is 9.47 Å². The molecule has 0 aliphatic carbocycles. The number of carbonyl (C=O) groups is 3. The van der Waals surface area contributed by atoms with Gasteiger partial charge >= 0.3 is 5.69 Å². The molecule has 1 aromatic heterocycles. The Hall–Kier alpha value is -4.08. The van der Waals surface area contributed by atoms with Crippen molar-refractivity contribution in [1.82, 2.24) is 14.0 Å². The lowest BCUT2D eigenvalue weighted by Crippen LogP contribution is -2.47. The summed E-state index contributed by atoms with van der Waals surface area (Å²) in [5.74, 6) is 0.693. The molecule has 1 unspecified atom stereocenters. The molecule has 3 heterocycles. The number of nitrogens with zero attached hydrogens (tertiary/aromatic N) is 4. The minimum Gasteiger partial charge on any atom is -0.497 e. The number of piperidine rings is 2. The molecule has 2 aliphatic rings. The van der Waals surface area contributed by atoms with Gasteiger partial charge in [-0.3, -0.25) is 23.6 Å². The molecule has 0 radical (unpaired) electrons. The third-order valence-electron chi connectivity index (χ3n) is 7.74. The number of aromatic nitrogens is 2. The fourth-order valence-electron chi connectivity index (χ4n) is 5.61. The van der Waals surface area contributed by atoms with Crippen LogP contribution in [-0.4, -0.2) is 59.4 Å². The number of likely N-dealkylation sites (tertiary alicyclic amines) is 1. The summed E-state index contributed by atoms with van der Waals surface area (Å²) < 4.78 is 14.0. The lowest BCUT2D eigenvalue weighted by atomic mass is 9.98. The van der Waals surface area contributed by atoms with E-state index in [4.69, 9.17) is 9.47 Å². The van der Waals surface area contributed by atoms with Gasteiger partial charge < -0.3 is 19.2 Å². The third-order valence-corrected chi connectivity index (χ3v) is 7.74. The average molecular weight is 521 g/mol. The summed E-state index contributed by atoms with van der Waals surface area (Å²) in [4.78, 5) is 54.8. The van der Waals surface area contributed by atoms with E-state index in [1.807, 2.05) is 18.2 Å². The van der Waals surface area contributed by atoms with Crippen molar-refractivity contribution in [3.8, 4) is 11.5 Å². The fourth-order valence-corrected chi connectivity index (χ4v) is 5.61. The summed E-state index contributed by atoms with van der Waals surface area (Å²) >= 11 is 0. The largest absolute Gasteiger partial charge is 0.497 e. The zero-order chi connectivity index (χ0) is 27.0. The molecule has 2 aliphatic heterocycles. The van der Waals surface area contributed by atoms with Gasteiger partial charge in [0.25, 0.3) is 5.91 Å². The predicted molar refractivity (Wildman–Crippen MR) is 142 cm³/mol. The monoisotopic (exact) mass is 520 g/mol. The second-order valence-electron chi connectivity index (χ2n) is 9.88. The van der Waals surface area contributed by atoms with E-state index in [2.05, 4.69) is 4.90 Å². The quantitative estimate of drug-likeness (QED) is 0.349. The third kappa shape index (κ3) is 4.33. The van der Waals surface area contributed by atoms with E-state index in [9.17, 15) is 19.2 Å². The molecule has 0 saturated carbocycles. The number of anilines is 1. The van der Waals surface area contributed by atoms with Crippen molar-refractivity contribution in [2.24, 2.45) is 13.0 Å². The van der Waals surface area contributed by atoms with Gasteiger partial charge in [-0.15, -0.1) is 0 Å². The fraction of sp³-hybridized carbons (Fsp3) is 0.429. The highest BCUT2D eigenvalue weighted by molar-refractivity contribution is 6.01. The first-order valence-corrected chi connectivity index (χ1v) is 12.8. The Kier molecular flexibility index (Phi) is 6.96. The van der Waals surface area contributed by atoms with E-state index in [0.29, 0.717) is 35.6 Å². The number of benzene rings is 2. The minimum atomic E-state index is -0.802. The second kappa shape index (κ2) is 10.4. The molecule has 3 aromatic rings. The summed E-state index contributed by atoms with van der Waals surface area (Å²) in [6.07, 6.45) is 2.87. The molecule has 2 saturated heterocycles. The van der Waals surface area contributed by atoms with Gasteiger partial charge in [-0.1, -0.05) is 12.1 Å². The zero-order valence-electron chi connectivity index (χ0n) is 21.9. The first-order chi connectivity index (χ1) is 18.4. The number of carbonyl (C=O) groups excluding carboxylic acids is 3. The SMILES string of the molecule is COc1ccc(CN2C(=O)CCC(n3c(=O)n(C)c4c(N5CCC(C=O)CC5)c(OC)ccc43)C2=O)cc1. The van der Waals surface area contributed by atoms with Crippen LogP contribution in [0, 0.1) is 5.92 Å². The molecule has 10 nitrogen and oxygen atoms in total. The van der Waals surface area contributed by atoms with Gasteiger partial charge in [-0.25, -0.2) is 4.79 Å². The minimum absolute atomic E-state index is 0.0268. The highest BCUT2D eigenvalue weighted by Crippen LogP contribution is 2.39. The Morgan fingerprint density at radius 2 is 1.66 bits per heavy atom. The average Bonchev–Trinajstić information content (AvgIpc) is 3.20. The molecule has 1 atom stereocenters. The van der Waals surface area contributed by atoms with Crippen LogP contribution < -0.4 is 20.1 Å². The van der Waals surface area contributed by atoms with Gasteiger partial charge in [0.2, 0.25) is 5.91 Å². The molecule has 38 heavy (non-hydrogen) atoms. The van der Waals surface area contributed by atoms with E-state index < -0.39 is 11.9 Å². The summed E-state index contributed by atoms with van der Waals surface area (Å²) in [6.45, 7) is 1.44. The van der Waals surface area contributed by atoms with Crippen LogP contribution in [0.3, 0.4) is 0 Å². The number of hydrogen-bond donors (Lipinski definition) is 0. The number of methoxy groups -OCH3 is 2. The van der Waals surface area contributed by atoms with Crippen LogP contribution in [0.25, 0.3) is 11.0 Å². The van der Waals surface area contributed by atoms with E-state index in [0.717, 1.165) is 30.4 Å². The van der Waals surface area contributed by atoms with Crippen molar-refractivity contribution in [2.75, 3.05) is 32.2 Å². The van der Waals surface area contributed by atoms with Crippen molar-refractivity contribution in [2.45, 2.75) is 38.3 Å². The molecule has 0 spiro atoms. The maximum Gasteiger partial charge on any atom is 0.329 e. The lowest BCUT2D eigenvalue weighted by molar-refractivity contribution is -0.151. The van der Waals surface area contributed by atoms with Gasteiger partial charge in [0.15, 0.2) is 0 Å². The molecule has 200 valence electrons. The number of rotatable bonds is 7. The van der Waals surface area contributed by atoms with Crippen molar-refractivity contribution in [3.63, 3.8) is 0 Å². The predicted octanol–water partition coefficient (Wildman–Crippen LogP) is 2.66. The molecule has 2 amide bonds. The van der Waals surface area contributed by atoms with Gasteiger partial charge in [-0.05, 0) is 49.1 Å². The van der Waals surface area contributed by atoms with Gasteiger partial charge in [-0.2, -0.15) is 0 Å². The summed E-state index contributed by atoms with van der Waals surface area (Å²) in [5.41, 5.74) is 2.54. The maximum atomic E-state index is 13.7. The Balaban J connectivity index is 1.53. The van der Waals surface area contributed by atoms with Crippen LogP contribution in [0.4, 0.5) is 5.69 Å². The molecule has 5 rings (SSSR count). The summed E-state index contributed by atoms with van der Waals surface area (Å²) in [6, 6.07) is 10.0. The molecule has 2 aromatic carbocycles. The van der Waals surface area contributed by atoms with Gasteiger partial charge in [0.1, 0.15) is 29.5 Å². The normalized spacial score (nSPS) is 18.8. The van der Waals surface area contributed by atoms with Crippen LogP contribution in [0.15, 0.2) is 41.2 Å². The van der Waals surface area contributed by atoms with Crippen LogP contribution in [0.1, 0.15) is 37.3 Å². The molecular weight excluding hydrogens is 488 g/mol. The van der Waals surface area contributed by atoms with Crippen LogP contribution >= 0.6 is 0 Å². The Morgan fingerprint density at radius 3 is 2.29 bits per heavy atom. The number of amides is 2. The number of aldehydes is 1. The van der Waals surface area contributed by atoms with Crippen molar-refractivity contribution in [3.05, 3.63) is 52.4 Å². The molecule has 10 heteroatoms. The summed E-state index contributed by atoms with van der Waals surface area (Å²) in [7, 11) is 4.86. The Bertz CT molecular complexity index is 1430. The lowest BCUT2D eigenvalue weighted by Gasteiger charge is -2.33. The molecule has 0 N–H and O–H groups in total. The van der Waals surface area contributed by atoms with Crippen LogP contribution in [0.2, 0.25) is 0 Å². The number of hydrogen-bond acceptors (Lipinski definition) is 7. The number of fused-ring (bicyclic) bond motifs is 1. The van der Waals surface area contributed by atoms with Crippen molar-refractivity contribution in [1.29, 1.82) is 0 Å². The van der Waals surface area contributed by atoms with Crippen molar-refractivity contribution >= 4 is 34.8 Å². The van der Waals surface area contributed by atoms with Gasteiger partial charge in [0.05, 0.1) is 31.8 Å². The van der Waals surface area contributed by atoms with Gasteiger partial charge in [0, 0.05) is 32.5 Å². The maximum absolute atomic E-state index is 13.7. The first kappa shape index (κ1) is 25.6. The highest BCUT2D eigenvalue weighted by Gasteiger charge is 2.38. The Morgan fingerprint density at radius 1 is 0.947 bits per heavy atom. The highest BCUT2D eigenvalue weighted by atomic mass is 16.5. The van der Waals surface area contributed by atoms with E-state index in [1.54, 1.807) is 44.0 Å². The molecular formula is C28H32N4O6. The number of aryl methyl sites for hydroxylation is 1. The second-order valence-corrected chi connectivity index (χ2v) is 9.88. The number of imidazole rings is 1. The first-order valence-electron chi connectivity index (χ1n) is 12.8. The van der Waals surface area contributed by atoms with E-state index in [-0.39, 0.29) is 36.9 Å². The smallest absolute Gasteiger partial charge is 0.329 e. The van der Waals surface area contributed by atoms with Crippen molar-refractivity contribution < 1.29 is 23.9 Å². The summed E-state index contributed by atoms with van der Waals surface area (Å²) in [5, 5.41) is 0. The van der Waals surface area contributed by atoms with E-state index >= 15 is 0 Å². The molecule has 2 fully saturated rings. The molecule has 0 bridgehead atoms. The number of imide groups is 1. The van der Waals surface area contributed by atoms with Crippen LogP contribution in [-0.2, 0) is 28.0 Å². The Labute approximate surface area is 220 Å². The number of ether oxygens (including phenoxy) is 2. The van der Waals surface area contributed by atoms with Crippen LogP contribution in [0.5, 0.6) is 11.5 Å². The topological polar surface area (TPSA) is 103 Å².